The maximum absolute atomic E-state index is 10.8. The fraction of sp³-hybridized carbons (Fsp3) is 0.227. The van der Waals surface area contributed by atoms with Gasteiger partial charge in [-0.05, 0) is 37.2 Å². The first kappa shape index (κ1) is 19.8. The van der Waals surface area contributed by atoms with E-state index in [1.54, 1.807) is 11.9 Å². The van der Waals surface area contributed by atoms with Crippen LogP contribution in [-0.4, -0.2) is 36.1 Å². The molecular formula is C22H22ClNO2. The highest BCUT2D eigenvalue weighted by Gasteiger charge is 2.06. The van der Waals surface area contributed by atoms with Crippen LogP contribution >= 0.6 is 11.6 Å². The van der Waals surface area contributed by atoms with Crippen LogP contribution in [0.4, 0.5) is 0 Å². The van der Waals surface area contributed by atoms with E-state index in [9.17, 15) is 4.79 Å². The van der Waals surface area contributed by atoms with Gasteiger partial charge in [0, 0.05) is 28.3 Å². The lowest BCUT2D eigenvalue weighted by Gasteiger charge is -2.12. The lowest BCUT2D eigenvalue weighted by Crippen LogP contribution is -2.25. The van der Waals surface area contributed by atoms with Gasteiger partial charge in [-0.2, -0.15) is 0 Å². The van der Waals surface area contributed by atoms with Crippen LogP contribution in [0.25, 0.3) is 5.57 Å². The molecule has 4 heteroatoms. The summed E-state index contributed by atoms with van der Waals surface area (Å²) in [5.41, 5.74) is 3.83. The van der Waals surface area contributed by atoms with E-state index in [2.05, 4.69) is 30.9 Å². The molecule has 0 bridgehead atoms. The minimum atomic E-state index is -0.859. The molecule has 0 heterocycles. The quantitative estimate of drug-likeness (QED) is 0.771. The molecule has 0 aliphatic carbocycles. The lowest BCUT2D eigenvalue weighted by molar-refractivity contribution is -0.137. The van der Waals surface area contributed by atoms with E-state index < -0.39 is 5.97 Å². The Labute approximate surface area is 159 Å². The van der Waals surface area contributed by atoms with Crippen LogP contribution < -0.4 is 0 Å². The van der Waals surface area contributed by atoms with Crippen molar-refractivity contribution < 1.29 is 9.90 Å². The average Bonchev–Trinajstić information content (AvgIpc) is 2.62. The molecule has 0 fully saturated rings. The first-order chi connectivity index (χ1) is 12.5. The van der Waals surface area contributed by atoms with Crippen LogP contribution in [0.3, 0.4) is 0 Å². The maximum Gasteiger partial charge on any atom is 0.317 e. The summed E-state index contributed by atoms with van der Waals surface area (Å²) in [6, 6.07) is 15.7. The van der Waals surface area contributed by atoms with Crippen molar-refractivity contribution >= 4 is 23.1 Å². The zero-order valence-electron chi connectivity index (χ0n) is 15.0. The number of likely N-dealkylation sites (N-methyl/N-ethyl adjacent to an activating group) is 1. The topological polar surface area (TPSA) is 40.5 Å². The van der Waals surface area contributed by atoms with Crippen molar-refractivity contribution in [3.8, 4) is 11.8 Å². The predicted molar refractivity (Wildman–Crippen MR) is 107 cm³/mol. The summed E-state index contributed by atoms with van der Waals surface area (Å²) < 4.78 is 0. The van der Waals surface area contributed by atoms with E-state index in [-0.39, 0.29) is 6.54 Å². The predicted octanol–water partition coefficient (Wildman–Crippen LogP) is 4.35. The summed E-state index contributed by atoms with van der Waals surface area (Å²) in [6.07, 6.45) is 2.91. The summed E-state index contributed by atoms with van der Waals surface area (Å²) in [7, 11) is 1.76. The largest absolute Gasteiger partial charge is 0.480 e. The number of rotatable bonds is 6. The number of nitrogens with zero attached hydrogens (tertiary/aromatic N) is 1. The monoisotopic (exact) mass is 367 g/mol. The first-order valence-electron chi connectivity index (χ1n) is 8.46. The van der Waals surface area contributed by atoms with Crippen molar-refractivity contribution in [3.05, 3.63) is 76.3 Å². The highest BCUT2D eigenvalue weighted by molar-refractivity contribution is 6.32. The van der Waals surface area contributed by atoms with Crippen LogP contribution in [0.5, 0.6) is 0 Å². The second-order valence-corrected chi connectivity index (χ2v) is 6.40. The van der Waals surface area contributed by atoms with Gasteiger partial charge in [-0.25, -0.2) is 0 Å². The van der Waals surface area contributed by atoms with Gasteiger partial charge in [0.15, 0.2) is 0 Å². The Morgan fingerprint density at radius 2 is 1.88 bits per heavy atom. The van der Waals surface area contributed by atoms with Gasteiger partial charge < -0.3 is 5.11 Å². The zero-order valence-corrected chi connectivity index (χ0v) is 15.8. The molecular weight excluding hydrogens is 346 g/mol. The third kappa shape index (κ3) is 6.07. The van der Waals surface area contributed by atoms with Crippen molar-refractivity contribution in [1.82, 2.24) is 4.90 Å². The molecule has 0 spiro atoms. The molecule has 26 heavy (non-hydrogen) atoms. The number of aryl methyl sites for hydroxylation is 1. The molecule has 2 aromatic rings. The third-order valence-electron chi connectivity index (χ3n) is 3.88. The SMILES string of the molecule is CCc1ccc(C#C/C(=C/CN(C)CC(=O)O)c2ccccc2Cl)cc1. The van der Waals surface area contributed by atoms with E-state index in [1.807, 2.05) is 42.5 Å². The van der Waals surface area contributed by atoms with Gasteiger partial charge >= 0.3 is 5.97 Å². The van der Waals surface area contributed by atoms with Crippen molar-refractivity contribution in [1.29, 1.82) is 0 Å². The highest BCUT2D eigenvalue weighted by atomic mass is 35.5. The lowest BCUT2D eigenvalue weighted by atomic mass is 10.0. The Kier molecular flexibility index (Phi) is 7.47. The molecule has 134 valence electrons. The second kappa shape index (κ2) is 9.82. The molecule has 0 saturated carbocycles. The highest BCUT2D eigenvalue weighted by Crippen LogP contribution is 2.23. The number of aliphatic carboxylic acids is 1. The molecule has 0 aliphatic heterocycles. The van der Waals surface area contributed by atoms with E-state index in [4.69, 9.17) is 16.7 Å². The number of allylic oxidation sites excluding steroid dienone is 1. The molecule has 0 aromatic heterocycles. The second-order valence-electron chi connectivity index (χ2n) is 5.99. The molecule has 0 unspecified atom stereocenters. The Morgan fingerprint density at radius 3 is 2.50 bits per heavy atom. The fourth-order valence-electron chi connectivity index (χ4n) is 2.41. The average molecular weight is 368 g/mol. The van der Waals surface area contributed by atoms with E-state index in [1.165, 1.54) is 5.56 Å². The normalized spacial score (nSPS) is 11.2. The van der Waals surface area contributed by atoms with Gasteiger partial charge in [0.05, 0.1) is 6.54 Å². The van der Waals surface area contributed by atoms with Crippen molar-refractivity contribution in [2.24, 2.45) is 0 Å². The van der Waals surface area contributed by atoms with Crippen LogP contribution in [0.1, 0.15) is 23.6 Å². The van der Waals surface area contributed by atoms with Crippen LogP contribution in [0.2, 0.25) is 5.02 Å². The Morgan fingerprint density at radius 1 is 1.19 bits per heavy atom. The molecule has 0 atom stereocenters. The van der Waals surface area contributed by atoms with Gasteiger partial charge in [-0.1, -0.05) is 66.8 Å². The smallest absolute Gasteiger partial charge is 0.317 e. The minimum absolute atomic E-state index is 0.0296. The molecule has 0 amide bonds. The van der Waals surface area contributed by atoms with Gasteiger partial charge in [0.2, 0.25) is 0 Å². The third-order valence-corrected chi connectivity index (χ3v) is 4.21. The van der Waals surface area contributed by atoms with Gasteiger partial charge in [-0.3, -0.25) is 9.69 Å². The fourth-order valence-corrected chi connectivity index (χ4v) is 2.65. The molecule has 1 N–H and O–H groups in total. The zero-order chi connectivity index (χ0) is 18.9. The Hall–Kier alpha value is -2.54. The number of benzene rings is 2. The summed E-state index contributed by atoms with van der Waals surface area (Å²) in [5.74, 6) is 5.51. The summed E-state index contributed by atoms with van der Waals surface area (Å²) >= 11 is 6.32. The maximum atomic E-state index is 10.8. The number of halogens is 1. The summed E-state index contributed by atoms with van der Waals surface area (Å²) in [6.45, 7) is 2.56. The van der Waals surface area contributed by atoms with Gasteiger partial charge in [-0.15, -0.1) is 0 Å². The number of hydrogen-bond donors (Lipinski definition) is 1. The molecule has 3 nitrogen and oxygen atoms in total. The number of carboxylic acid groups (broad SMARTS) is 1. The van der Waals surface area contributed by atoms with E-state index in [0.717, 1.165) is 23.1 Å². The Bertz CT molecular complexity index is 844. The summed E-state index contributed by atoms with van der Waals surface area (Å²) in [5, 5.41) is 9.51. The van der Waals surface area contributed by atoms with Crippen LogP contribution in [0, 0.1) is 11.8 Å². The first-order valence-corrected chi connectivity index (χ1v) is 8.83. The van der Waals surface area contributed by atoms with Gasteiger partial charge in [0.1, 0.15) is 0 Å². The minimum Gasteiger partial charge on any atom is -0.480 e. The van der Waals surface area contributed by atoms with Crippen molar-refractivity contribution in [3.63, 3.8) is 0 Å². The molecule has 2 aromatic carbocycles. The van der Waals surface area contributed by atoms with Gasteiger partial charge in [0.25, 0.3) is 0 Å². The van der Waals surface area contributed by atoms with Crippen molar-refractivity contribution in [2.75, 3.05) is 20.1 Å². The Balaban J connectivity index is 2.30. The summed E-state index contributed by atoms with van der Waals surface area (Å²) in [4.78, 5) is 12.5. The van der Waals surface area contributed by atoms with E-state index in [0.29, 0.717) is 11.6 Å². The number of carboxylic acids is 1. The molecule has 0 saturated heterocycles. The van der Waals surface area contributed by atoms with E-state index >= 15 is 0 Å². The number of hydrogen-bond acceptors (Lipinski definition) is 2. The molecule has 2 rings (SSSR count). The number of carbonyl (C=O) groups is 1. The molecule has 0 aliphatic rings. The van der Waals surface area contributed by atoms with Crippen LogP contribution in [-0.2, 0) is 11.2 Å². The standard InChI is InChI=1S/C22H22ClNO2/c1-3-17-8-10-18(11-9-17)12-13-19(14-15-24(2)16-22(25)26)20-6-4-5-7-21(20)23/h4-11,14H,3,15-16H2,1-2H3,(H,25,26)/b19-14-. The van der Waals surface area contributed by atoms with Crippen LogP contribution in [0.15, 0.2) is 54.6 Å². The van der Waals surface area contributed by atoms with Crippen molar-refractivity contribution in [2.45, 2.75) is 13.3 Å². The molecule has 0 radical (unpaired) electrons.